The van der Waals surface area contributed by atoms with E-state index in [0.717, 1.165) is 21.8 Å². The first-order chi connectivity index (χ1) is 18.4. The largest absolute Gasteiger partial charge is 0.497 e. The predicted molar refractivity (Wildman–Crippen MR) is 146 cm³/mol. The number of aromatic nitrogens is 3. The van der Waals surface area contributed by atoms with Crippen LogP contribution in [0.15, 0.2) is 73.7 Å². The van der Waals surface area contributed by atoms with E-state index in [1.807, 2.05) is 17.6 Å². The van der Waals surface area contributed by atoms with Crippen molar-refractivity contribution in [3.05, 3.63) is 90.9 Å². The number of imidazole rings is 1. The first kappa shape index (κ1) is 26.6. The van der Waals surface area contributed by atoms with Crippen molar-refractivity contribution in [2.45, 2.75) is 13.5 Å². The predicted octanol–water partition coefficient (Wildman–Crippen LogP) is 4.26. The second-order valence-corrected chi connectivity index (χ2v) is 9.26. The van der Waals surface area contributed by atoms with Crippen LogP contribution in [0.25, 0.3) is 22.6 Å². The molecule has 196 valence electrons. The number of nitrogens with one attached hydrogen (secondary N) is 2. The highest BCUT2D eigenvalue weighted by Crippen LogP contribution is 2.30. The Morgan fingerprint density at radius 2 is 2.03 bits per heavy atom. The number of ether oxygens (including phenoxy) is 1. The molecule has 3 heterocycles. The maximum absolute atomic E-state index is 13.2. The summed E-state index contributed by atoms with van der Waals surface area (Å²) in [7, 11) is 0. The van der Waals surface area contributed by atoms with E-state index in [0.29, 0.717) is 30.5 Å². The molecular weight excluding hydrogens is 507 g/mol. The number of hydrogen-bond acceptors (Lipinski definition) is 7. The number of halogens is 1. The van der Waals surface area contributed by atoms with Gasteiger partial charge in [-0.25, -0.2) is 14.4 Å². The van der Waals surface area contributed by atoms with E-state index in [-0.39, 0.29) is 24.0 Å². The van der Waals surface area contributed by atoms with Crippen LogP contribution in [-0.4, -0.2) is 50.9 Å². The number of nitrogens with zero attached hydrogens (tertiary/aromatic N) is 4. The highest BCUT2D eigenvalue weighted by Gasteiger charge is 2.25. The maximum Gasteiger partial charge on any atom is 0.271 e. The minimum atomic E-state index is -0.417. The third-order valence-corrected chi connectivity index (χ3v) is 6.59. The zero-order chi connectivity index (χ0) is 27.1. The molecule has 0 aliphatic carbocycles. The van der Waals surface area contributed by atoms with Gasteiger partial charge < -0.3 is 19.9 Å². The lowest BCUT2D eigenvalue weighted by atomic mass is 10.2. The molecule has 0 bridgehead atoms. The molecule has 9 nitrogen and oxygen atoms in total. The standard InChI is InChI=1S/C27H27FN6O3S/c1-4-21-22(14-18(3)32-27-30-15-24(38-27)19-6-8-20(28)9-7-19)33(17-31-21)11-10-29-26(36)23-16-37-13-12-34(23)25(35)5-2/h4-9,14-17H,1-2,10-13H2,3H3,(H,29,36)(H,30,32)/b18-14+. The number of thiazole rings is 1. The van der Waals surface area contributed by atoms with Crippen LogP contribution in [0.2, 0.25) is 0 Å². The number of allylic oxidation sites excluding steroid dienone is 1. The number of anilines is 1. The van der Waals surface area contributed by atoms with Gasteiger partial charge in [-0.3, -0.25) is 14.5 Å². The zero-order valence-corrected chi connectivity index (χ0v) is 21.6. The maximum atomic E-state index is 13.2. The summed E-state index contributed by atoms with van der Waals surface area (Å²) in [6, 6.07) is 6.28. The van der Waals surface area contributed by atoms with Crippen LogP contribution in [0.1, 0.15) is 18.3 Å². The fourth-order valence-electron chi connectivity index (χ4n) is 3.75. The van der Waals surface area contributed by atoms with Crippen molar-refractivity contribution in [2.24, 2.45) is 0 Å². The Labute approximate surface area is 223 Å². The summed E-state index contributed by atoms with van der Waals surface area (Å²) in [5.74, 6) is -1.06. The number of rotatable bonds is 10. The van der Waals surface area contributed by atoms with Crippen molar-refractivity contribution in [1.82, 2.24) is 24.8 Å². The van der Waals surface area contributed by atoms with Gasteiger partial charge in [0.15, 0.2) is 5.13 Å². The normalized spacial score (nSPS) is 13.4. The molecule has 38 heavy (non-hydrogen) atoms. The highest BCUT2D eigenvalue weighted by molar-refractivity contribution is 7.18. The summed E-state index contributed by atoms with van der Waals surface area (Å²) in [4.78, 5) is 35.8. The van der Waals surface area contributed by atoms with E-state index in [4.69, 9.17) is 4.74 Å². The number of amides is 2. The fraction of sp³-hybridized carbons (Fsp3) is 0.185. The van der Waals surface area contributed by atoms with Gasteiger partial charge in [0, 0.05) is 25.0 Å². The molecular formula is C27H27FN6O3S. The average Bonchev–Trinajstić information content (AvgIpc) is 3.55. The second-order valence-electron chi connectivity index (χ2n) is 8.23. The molecule has 0 spiro atoms. The topological polar surface area (TPSA) is 101 Å². The molecule has 1 aliphatic heterocycles. The van der Waals surface area contributed by atoms with Crippen LogP contribution < -0.4 is 10.6 Å². The smallest absolute Gasteiger partial charge is 0.271 e. The first-order valence-corrected chi connectivity index (χ1v) is 12.6. The van der Waals surface area contributed by atoms with Gasteiger partial charge in [-0.1, -0.05) is 36.6 Å². The number of benzene rings is 1. The molecule has 0 fully saturated rings. The van der Waals surface area contributed by atoms with Crippen LogP contribution in [0.3, 0.4) is 0 Å². The van der Waals surface area contributed by atoms with Crippen LogP contribution in [0, 0.1) is 5.82 Å². The van der Waals surface area contributed by atoms with E-state index < -0.39 is 5.91 Å². The van der Waals surface area contributed by atoms with Crippen molar-refractivity contribution >= 4 is 40.4 Å². The average molecular weight is 535 g/mol. The Morgan fingerprint density at radius 3 is 2.76 bits per heavy atom. The molecule has 2 amide bonds. The SMILES string of the molecule is C=CC(=O)N1CCOC=C1C(=O)NCCn1cnc(C=C)c1/C=C(\C)Nc1ncc(-c2ccc(F)cc2)s1. The lowest BCUT2D eigenvalue weighted by molar-refractivity contribution is -0.130. The van der Waals surface area contributed by atoms with Crippen LogP contribution in [0.5, 0.6) is 0 Å². The van der Waals surface area contributed by atoms with Gasteiger partial charge in [0.25, 0.3) is 11.8 Å². The van der Waals surface area contributed by atoms with Crippen molar-refractivity contribution in [3.8, 4) is 10.4 Å². The molecule has 4 rings (SSSR count). The Bertz CT molecular complexity index is 1410. The van der Waals surface area contributed by atoms with E-state index >= 15 is 0 Å². The Hall–Kier alpha value is -4.51. The molecule has 1 aliphatic rings. The van der Waals surface area contributed by atoms with Gasteiger partial charge in [-0.05, 0) is 42.8 Å². The van der Waals surface area contributed by atoms with Crippen molar-refractivity contribution < 1.29 is 18.7 Å². The molecule has 3 aromatic rings. The second kappa shape index (κ2) is 12.2. The first-order valence-electron chi connectivity index (χ1n) is 11.8. The van der Waals surface area contributed by atoms with E-state index in [1.54, 1.807) is 30.7 Å². The van der Waals surface area contributed by atoms with Gasteiger partial charge in [0.2, 0.25) is 0 Å². The molecule has 2 N–H and O–H groups in total. The third kappa shape index (κ3) is 6.24. The Kier molecular flexibility index (Phi) is 8.49. The highest BCUT2D eigenvalue weighted by atomic mass is 32.1. The monoisotopic (exact) mass is 534 g/mol. The number of carbonyl (C=O) groups excluding carboxylic acids is 2. The minimum Gasteiger partial charge on any atom is -0.497 e. The van der Waals surface area contributed by atoms with Gasteiger partial charge in [-0.15, -0.1) is 0 Å². The van der Waals surface area contributed by atoms with E-state index in [9.17, 15) is 14.0 Å². The van der Waals surface area contributed by atoms with Crippen LogP contribution >= 0.6 is 11.3 Å². The molecule has 0 saturated heterocycles. The molecule has 0 radical (unpaired) electrons. The van der Waals surface area contributed by atoms with Gasteiger partial charge in [0.1, 0.15) is 24.4 Å². The molecule has 11 heteroatoms. The van der Waals surface area contributed by atoms with Gasteiger partial charge in [-0.2, -0.15) is 0 Å². The summed E-state index contributed by atoms with van der Waals surface area (Å²) in [6.45, 7) is 10.5. The Balaban J connectivity index is 1.41. The molecule has 0 atom stereocenters. The summed E-state index contributed by atoms with van der Waals surface area (Å²) in [6.07, 6.45) is 9.45. The lowest BCUT2D eigenvalue weighted by Gasteiger charge is -2.26. The van der Waals surface area contributed by atoms with Crippen molar-refractivity contribution in [1.29, 1.82) is 0 Å². The zero-order valence-electron chi connectivity index (χ0n) is 20.8. The van der Waals surface area contributed by atoms with Crippen LogP contribution in [0.4, 0.5) is 9.52 Å². The Morgan fingerprint density at radius 1 is 1.24 bits per heavy atom. The fourth-order valence-corrected chi connectivity index (χ4v) is 4.64. The van der Waals surface area contributed by atoms with Gasteiger partial charge >= 0.3 is 0 Å². The third-order valence-electron chi connectivity index (χ3n) is 5.62. The summed E-state index contributed by atoms with van der Waals surface area (Å²) in [5, 5.41) is 6.79. The molecule has 0 unspecified atom stereocenters. The minimum absolute atomic E-state index is 0.141. The van der Waals surface area contributed by atoms with Crippen molar-refractivity contribution in [3.63, 3.8) is 0 Å². The lowest BCUT2D eigenvalue weighted by Crippen LogP contribution is -2.42. The molecule has 2 aromatic heterocycles. The number of hydrogen-bond donors (Lipinski definition) is 2. The molecule has 1 aromatic carbocycles. The summed E-state index contributed by atoms with van der Waals surface area (Å²) < 4.78 is 20.4. The summed E-state index contributed by atoms with van der Waals surface area (Å²) >= 11 is 1.46. The van der Waals surface area contributed by atoms with E-state index in [2.05, 4.69) is 33.8 Å². The van der Waals surface area contributed by atoms with Crippen LogP contribution in [-0.2, 0) is 20.9 Å². The van der Waals surface area contributed by atoms with Crippen molar-refractivity contribution in [2.75, 3.05) is 25.0 Å². The van der Waals surface area contributed by atoms with E-state index in [1.165, 1.54) is 40.7 Å². The molecule has 0 saturated carbocycles. The van der Waals surface area contributed by atoms with Gasteiger partial charge in [0.05, 0.1) is 29.1 Å². The number of carbonyl (C=O) groups is 2. The summed E-state index contributed by atoms with van der Waals surface area (Å²) in [5.41, 5.74) is 3.34. The quantitative estimate of drug-likeness (QED) is 0.377.